The Balaban J connectivity index is 1.67. The third-order valence-electron chi connectivity index (χ3n) is 6.42. The Bertz CT molecular complexity index is 814. The van der Waals surface area contributed by atoms with Gasteiger partial charge in [-0.3, -0.25) is 4.90 Å². The molecule has 0 radical (unpaired) electrons. The molecule has 0 aliphatic carbocycles. The van der Waals surface area contributed by atoms with Crippen LogP contribution < -0.4 is 5.46 Å². The van der Waals surface area contributed by atoms with Crippen molar-refractivity contribution in [2.45, 2.75) is 83.6 Å². The molecule has 0 bridgehead atoms. The standard InChI is InChI=1S/C23H37BN2O4S/c1-16-18(24-29-22(5,6)23(7,8)30-24)13-17(14-19(16)31)15-25-9-11-26(12-10-25)20(27)28-21(2,3)4/h13-14,31H,9-12,15H2,1-8H3. The second kappa shape index (κ2) is 8.62. The molecule has 3 rings (SSSR count). The number of benzene rings is 1. The Morgan fingerprint density at radius 2 is 1.65 bits per heavy atom. The minimum absolute atomic E-state index is 0.233. The first-order valence-corrected chi connectivity index (χ1v) is 11.5. The van der Waals surface area contributed by atoms with Gasteiger partial charge in [-0.1, -0.05) is 6.07 Å². The topological polar surface area (TPSA) is 51.2 Å². The fourth-order valence-corrected chi connectivity index (χ4v) is 4.06. The fourth-order valence-electron chi connectivity index (χ4n) is 3.76. The molecule has 1 aromatic carbocycles. The van der Waals surface area contributed by atoms with Gasteiger partial charge in [-0.25, -0.2) is 4.79 Å². The lowest BCUT2D eigenvalue weighted by Crippen LogP contribution is -2.49. The van der Waals surface area contributed by atoms with E-state index in [0.717, 1.165) is 35.6 Å². The zero-order chi connectivity index (χ0) is 23.2. The maximum Gasteiger partial charge on any atom is 0.495 e. The molecule has 0 unspecified atom stereocenters. The zero-order valence-electron chi connectivity index (χ0n) is 20.2. The fraction of sp³-hybridized carbons (Fsp3) is 0.696. The number of ether oxygens (including phenoxy) is 1. The van der Waals surface area contributed by atoms with Gasteiger partial charge in [0.15, 0.2) is 0 Å². The first kappa shape index (κ1) is 24.4. The summed E-state index contributed by atoms with van der Waals surface area (Å²) in [6.45, 7) is 19.8. The van der Waals surface area contributed by atoms with E-state index in [0.29, 0.717) is 13.1 Å². The smallest absolute Gasteiger partial charge is 0.444 e. The summed E-state index contributed by atoms with van der Waals surface area (Å²) in [7, 11) is -0.403. The van der Waals surface area contributed by atoms with Crippen LogP contribution >= 0.6 is 12.6 Å². The van der Waals surface area contributed by atoms with Crippen LogP contribution in [0.5, 0.6) is 0 Å². The molecule has 0 N–H and O–H groups in total. The average molecular weight is 448 g/mol. The molecule has 1 aromatic rings. The Morgan fingerprint density at radius 3 is 2.16 bits per heavy atom. The molecule has 2 aliphatic rings. The molecule has 8 heteroatoms. The molecule has 2 aliphatic heterocycles. The minimum atomic E-state index is -0.469. The minimum Gasteiger partial charge on any atom is -0.444 e. The summed E-state index contributed by atoms with van der Waals surface area (Å²) < 4.78 is 18.1. The van der Waals surface area contributed by atoms with Crippen molar-refractivity contribution in [3.8, 4) is 0 Å². The second-order valence-electron chi connectivity index (χ2n) is 10.7. The number of piperazine rings is 1. The third kappa shape index (κ3) is 5.59. The van der Waals surface area contributed by atoms with Gasteiger partial charge >= 0.3 is 13.2 Å². The average Bonchev–Trinajstić information content (AvgIpc) is 2.84. The molecule has 1 amide bonds. The first-order chi connectivity index (χ1) is 14.2. The van der Waals surface area contributed by atoms with E-state index in [4.69, 9.17) is 26.7 Å². The van der Waals surface area contributed by atoms with Gasteiger partial charge in [0.1, 0.15) is 5.60 Å². The van der Waals surface area contributed by atoms with Gasteiger partial charge < -0.3 is 18.9 Å². The van der Waals surface area contributed by atoms with E-state index in [9.17, 15) is 4.79 Å². The van der Waals surface area contributed by atoms with Crippen LogP contribution in [0.1, 0.15) is 59.6 Å². The number of carbonyl (C=O) groups is 1. The summed E-state index contributed by atoms with van der Waals surface area (Å²) in [4.78, 5) is 17.4. The van der Waals surface area contributed by atoms with Gasteiger partial charge in [0.2, 0.25) is 0 Å². The third-order valence-corrected chi connectivity index (χ3v) is 6.88. The molecule has 2 fully saturated rings. The van der Waals surface area contributed by atoms with Gasteiger partial charge in [-0.15, -0.1) is 12.6 Å². The zero-order valence-corrected chi connectivity index (χ0v) is 21.1. The van der Waals surface area contributed by atoms with E-state index in [2.05, 4.69) is 51.7 Å². The van der Waals surface area contributed by atoms with E-state index in [1.54, 1.807) is 4.90 Å². The summed E-state index contributed by atoms with van der Waals surface area (Å²) >= 11 is 4.72. The van der Waals surface area contributed by atoms with Crippen LogP contribution in [-0.4, -0.2) is 66.0 Å². The molecule has 2 saturated heterocycles. The molecular formula is C23H37BN2O4S. The molecule has 0 atom stereocenters. The normalized spacial score (nSPS) is 21.5. The van der Waals surface area contributed by atoms with Crippen molar-refractivity contribution < 1.29 is 18.8 Å². The van der Waals surface area contributed by atoms with Crippen LogP contribution in [0.25, 0.3) is 0 Å². The van der Waals surface area contributed by atoms with Crippen LogP contribution in [0.3, 0.4) is 0 Å². The molecule has 0 spiro atoms. The van der Waals surface area contributed by atoms with Gasteiger partial charge in [0.25, 0.3) is 0 Å². The molecule has 2 heterocycles. The largest absolute Gasteiger partial charge is 0.495 e. The van der Waals surface area contributed by atoms with Crippen molar-refractivity contribution >= 4 is 31.3 Å². The maximum absolute atomic E-state index is 12.3. The lowest BCUT2D eigenvalue weighted by molar-refractivity contribution is 0.00578. The Kier molecular flexibility index (Phi) is 6.79. The van der Waals surface area contributed by atoms with E-state index in [-0.39, 0.29) is 17.3 Å². The number of nitrogens with zero attached hydrogens (tertiary/aromatic N) is 2. The van der Waals surface area contributed by atoms with Crippen molar-refractivity contribution in [2.24, 2.45) is 0 Å². The molecule has 0 saturated carbocycles. The first-order valence-electron chi connectivity index (χ1n) is 11.1. The number of carbonyl (C=O) groups excluding carboxylic acids is 1. The molecular weight excluding hydrogens is 411 g/mol. The van der Waals surface area contributed by atoms with Crippen molar-refractivity contribution in [1.29, 1.82) is 0 Å². The van der Waals surface area contributed by atoms with E-state index < -0.39 is 12.7 Å². The van der Waals surface area contributed by atoms with Crippen LogP contribution in [0.4, 0.5) is 4.79 Å². The lowest BCUT2D eigenvalue weighted by Gasteiger charge is -2.35. The van der Waals surface area contributed by atoms with E-state index in [1.807, 2.05) is 20.8 Å². The van der Waals surface area contributed by atoms with Crippen molar-refractivity contribution in [1.82, 2.24) is 9.80 Å². The Labute approximate surface area is 193 Å². The highest BCUT2D eigenvalue weighted by atomic mass is 32.1. The van der Waals surface area contributed by atoms with Gasteiger partial charge in [-0.2, -0.15) is 0 Å². The van der Waals surface area contributed by atoms with Crippen LogP contribution in [0.2, 0.25) is 0 Å². The molecule has 0 aromatic heterocycles. The van der Waals surface area contributed by atoms with Crippen molar-refractivity contribution in [2.75, 3.05) is 26.2 Å². The highest BCUT2D eigenvalue weighted by Gasteiger charge is 2.52. The second-order valence-corrected chi connectivity index (χ2v) is 11.1. The summed E-state index contributed by atoms with van der Waals surface area (Å²) in [5.74, 6) is 0. The van der Waals surface area contributed by atoms with Gasteiger partial charge in [0.05, 0.1) is 11.2 Å². The monoisotopic (exact) mass is 448 g/mol. The molecule has 6 nitrogen and oxygen atoms in total. The van der Waals surface area contributed by atoms with Crippen molar-refractivity contribution in [3.63, 3.8) is 0 Å². The number of hydrogen-bond donors (Lipinski definition) is 1. The van der Waals surface area contributed by atoms with E-state index >= 15 is 0 Å². The van der Waals surface area contributed by atoms with Crippen LogP contribution in [-0.2, 0) is 20.6 Å². The number of thiol groups is 1. The number of hydrogen-bond acceptors (Lipinski definition) is 6. The Hall–Kier alpha value is -1.22. The highest BCUT2D eigenvalue weighted by Crippen LogP contribution is 2.37. The van der Waals surface area contributed by atoms with Gasteiger partial charge in [0, 0.05) is 37.6 Å². The van der Waals surface area contributed by atoms with E-state index in [1.165, 1.54) is 5.56 Å². The lowest BCUT2D eigenvalue weighted by atomic mass is 9.75. The summed E-state index contributed by atoms with van der Waals surface area (Å²) in [5, 5.41) is 0. The molecule has 172 valence electrons. The van der Waals surface area contributed by atoms with Crippen LogP contribution in [0.15, 0.2) is 17.0 Å². The number of rotatable bonds is 3. The quantitative estimate of drug-likeness (QED) is 0.566. The predicted octanol–water partition coefficient (Wildman–Crippen LogP) is 3.64. The molecule has 31 heavy (non-hydrogen) atoms. The summed E-state index contributed by atoms with van der Waals surface area (Å²) in [5.41, 5.74) is 2.06. The Morgan fingerprint density at radius 1 is 1.10 bits per heavy atom. The maximum atomic E-state index is 12.3. The van der Waals surface area contributed by atoms with Crippen LogP contribution in [0, 0.1) is 6.92 Å². The SMILES string of the molecule is Cc1c(S)cc(CN2CCN(C(=O)OC(C)(C)C)CC2)cc1B1OC(C)(C)C(C)(C)O1. The van der Waals surface area contributed by atoms with Crippen molar-refractivity contribution in [3.05, 3.63) is 23.3 Å². The number of amides is 1. The van der Waals surface area contributed by atoms with Gasteiger partial charge in [-0.05, 0) is 78.0 Å². The summed E-state index contributed by atoms with van der Waals surface area (Å²) in [6, 6.07) is 4.30. The summed E-state index contributed by atoms with van der Waals surface area (Å²) in [6.07, 6.45) is -0.233. The highest BCUT2D eigenvalue weighted by molar-refractivity contribution is 7.80. The predicted molar refractivity (Wildman–Crippen MR) is 127 cm³/mol.